The first kappa shape index (κ1) is 15.0. The van der Waals surface area contributed by atoms with Crippen LogP contribution in [-0.4, -0.2) is 31.5 Å². The Morgan fingerprint density at radius 1 is 1.25 bits per heavy atom. The third kappa shape index (κ3) is 3.81. The van der Waals surface area contributed by atoms with Crippen LogP contribution in [0.4, 0.5) is 0 Å². The van der Waals surface area contributed by atoms with E-state index < -0.39 is 5.79 Å². The summed E-state index contributed by atoms with van der Waals surface area (Å²) in [6, 6.07) is 7.75. The Morgan fingerprint density at radius 3 is 2.40 bits per heavy atom. The van der Waals surface area contributed by atoms with Gasteiger partial charge in [0, 0.05) is 18.5 Å². The van der Waals surface area contributed by atoms with E-state index in [4.69, 9.17) is 9.47 Å². The minimum atomic E-state index is -0.547. The third-order valence-corrected chi connectivity index (χ3v) is 3.60. The van der Waals surface area contributed by atoms with E-state index in [2.05, 4.69) is 19.2 Å². The van der Waals surface area contributed by atoms with E-state index in [0.717, 1.165) is 0 Å². The molecule has 0 bridgehead atoms. The van der Waals surface area contributed by atoms with Gasteiger partial charge in [-0.2, -0.15) is 0 Å². The molecule has 0 unspecified atom stereocenters. The average Bonchev–Trinajstić information content (AvgIpc) is 2.85. The molecule has 1 saturated heterocycles. The number of carbonyl (C=O) groups excluding carboxylic acids is 1. The molecule has 1 aliphatic rings. The van der Waals surface area contributed by atoms with Gasteiger partial charge in [0.15, 0.2) is 5.79 Å². The SMILES string of the molecule is CC(C)c1ccc(C(=O)NCCC2(C)OCCO2)cc1. The molecule has 0 aliphatic carbocycles. The summed E-state index contributed by atoms with van der Waals surface area (Å²) in [6.45, 7) is 7.97. The topological polar surface area (TPSA) is 47.6 Å². The number of nitrogens with one attached hydrogen (secondary N) is 1. The van der Waals surface area contributed by atoms with E-state index in [1.807, 2.05) is 31.2 Å². The highest BCUT2D eigenvalue weighted by molar-refractivity contribution is 5.94. The molecule has 0 radical (unpaired) electrons. The van der Waals surface area contributed by atoms with Crippen molar-refractivity contribution in [3.63, 3.8) is 0 Å². The standard InChI is InChI=1S/C16H23NO3/c1-12(2)13-4-6-14(7-5-13)15(18)17-9-8-16(3)19-10-11-20-16/h4-7,12H,8-11H2,1-3H3,(H,17,18). The van der Waals surface area contributed by atoms with Crippen molar-refractivity contribution < 1.29 is 14.3 Å². The van der Waals surface area contributed by atoms with Crippen molar-refractivity contribution in [1.82, 2.24) is 5.32 Å². The molecule has 1 aromatic carbocycles. The second-order valence-corrected chi connectivity index (χ2v) is 5.61. The Labute approximate surface area is 120 Å². The van der Waals surface area contributed by atoms with Crippen LogP contribution in [0.15, 0.2) is 24.3 Å². The zero-order chi connectivity index (χ0) is 14.6. The molecule has 1 amide bonds. The van der Waals surface area contributed by atoms with Crippen LogP contribution >= 0.6 is 0 Å². The van der Waals surface area contributed by atoms with E-state index in [-0.39, 0.29) is 5.91 Å². The number of benzene rings is 1. The van der Waals surface area contributed by atoms with Crippen LogP contribution in [0.25, 0.3) is 0 Å². The molecule has 1 aliphatic heterocycles. The van der Waals surface area contributed by atoms with Gasteiger partial charge in [0.1, 0.15) is 0 Å². The molecule has 4 nitrogen and oxygen atoms in total. The Hall–Kier alpha value is -1.39. The number of amides is 1. The van der Waals surface area contributed by atoms with E-state index >= 15 is 0 Å². The van der Waals surface area contributed by atoms with Crippen LogP contribution in [0.3, 0.4) is 0 Å². The molecule has 0 atom stereocenters. The number of hydrogen-bond donors (Lipinski definition) is 1. The first-order valence-corrected chi connectivity index (χ1v) is 7.16. The number of rotatable bonds is 5. The van der Waals surface area contributed by atoms with Crippen molar-refractivity contribution in [1.29, 1.82) is 0 Å². The molecule has 1 N–H and O–H groups in total. The number of ether oxygens (including phenoxy) is 2. The lowest BCUT2D eigenvalue weighted by molar-refractivity contribution is -0.145. The van der Waals surface area contributed by atoms with Gasteiger partial charge in [-0.3, -0.25) is 4.79 Å². The summed E-state index contributed by atoms with van der Waals surface area (Å²) in [5, 5.41) is 2.90. The van der Waals surface area contributed by atoms with Gasteiger partial charge < -0.3 is 14.8 Å². The summed E-state index contributed by atoms with van der Waals surface area (Å²) in [7, 11) is 0. The summed E-state index contributed by atoms with van der Waals surface area (Å²) >= 11 is 0. The Balaban J connectivity index is 1.82. The quantitative estimate of drug-likeness (QED) is 0.900. The van der Waals surface area contributed by atoms with Crippen LogP contribution < -0.4 is 5.32 Å². The molecular formula is C16H23NO3. The lowest BCUT2D eigenvalue weighted by Gasteiger charge is -2.22. The monoisotopic (exact) mass is 277 g/mol. The smallest absolute Gasteiger partial charge is 0.251 e. The van der Waals surface area contributed by atoms with Crippen LogP contribution in [0.5, 0.6) is 0 Å². The van der Waals surface area contributed by atoms with Gasteiger partial charge in [0.2, 0.25) is 0 Å². The normalized spacial score (nSPS) is 17.4. The first-order valence-electron chi connectivity index (χ1n) is 7.16. The van der Waals surface area contributed by atoms with Crippen molar-refractivity contribution in [2.75, 3.05) is 19.8 Å². The van der Waals surface area contributed by atoms with Crippen LogP contribution in [0, 0.1) is 0 Å². The Kier molecular flexibility index (Phi) is 4.78. The molecular weight excluding hydrogens is 254 g/mol. The van der Waals surface area contributed by atoms with Gasteiger partial charge in [-0.15, -0.1) is 0 Å². The number of hydrogen-bond acceptors (Lipinski definition) is 3. The highest BCUT2D eigenvalue weighted by atomic mass is 16.7. The third-order valence-electron chi connectivity index (χ3n) is 3.60. The van der Waals surface area contributed by atoms with E-state index in [9.17, 15) is 4.79 Å². The van der Waals surface area contributed by atoms with Gasteiger partial charge in [0.25, 0.3) is 5.91 Å². The number of carbonyl (C=O) groups is 1. The summed E-state index contributed by atoms with van der Waals surface area (Å²) in [5.41, 5.74) is 1.93. The maximum atomic E-state index is 12.0. The van der Waals surface area contributed by atoms with Crippen molar-refractivity contribution in [3.8, 4) is 0 Å². The summed E-state index contributed by atoms with van der Waals surface area (Å²) in [4.78, 5) is 12.0. The lowest BCUT2D eigenvalue weighted by atomic mass is 10.0. The Bertz CT molecular complexity index is 447. The van der Waals surface area contributed by atoms with E-state index in [0.29, 0.717) is 37.7 Å². The largest absolute Gasteiger partial charge is 0.352 e. The van der Waals surface area contributed by atoms with Crippen molar-refractivity contribution in [3.05, 3.63) is 35.4 Å². The maximum Gasteiger partial charge on any atom is 0.251 e. The molecule has 1 fully saturated rings. The molecule has 4 heteroatoms. The predicted octanol–water partition coefficient (Wildman–Crippen LogP) is 2.69. The summed E-state index contributed by atoms with van der Waals surface area (Å²) in [5.74, 6) is -0.125. The zero-order valence-electron chi connectivity index (χ0n) is 12.4. The first-order chi connectivity index (χ1) is 9.50. The van der Waals surface area contributed by atoms with E-state index in [1.54, 1.807) is 0 Å². The second-order valence-electron chi connectivity index (χ2n) is 5.61. The zero-order valence-corrected chi connectivity index (χ0v) is 12.4. The molecule has 0 saturated carbocycles. The van der Waals surface area contributed by atoms with Gasteiger partial charge in [-0.25, -0.2) is 0 Å². The van der Waals surface area contributed by atoms with Gasteiger partial charge in [-0.1, -0.05) is 26.0 Å². The highest BCUT2D eigenvalue weighted by Gasteiger charge is 2.30. The fraction of sp³-hybridized carbons (Fsp3) is 0.562. The Morgan fingerprint density at radius 2 is 1.85 bits per heavy atom. The van der Waals surface area contributed by atoms with E-state index in [1.165, 1.54) is 5.56 Å². The van der Waals surface area contributed by atoms with Crippen LogP contribution in [0.2, 0.25) is 0 Å². The van der Waals surface area contributed by atoms with Crippen LogP contribution in [-0.2, 0) is 9.47 Å². The second kappa shape index (κ2) is 6.37. The molecule has 1 heterocycles. The van der Waals surface area contributed by atoms with Crippen molar-refractivity contribution >= 4 is 5.91 Å². The molecule has 0 spiro atoms. The molecule has 110 valence electrons. The average molecular weight is 277 g/mol. The van der Waals surface area contributed by atoms with Crippen LogP contribution in [0.1, 0.15) is 49.0 Å². The molecule has 0 aromatic heterocycles. The van der Waals surface area contributed by atoms with Gasteiger partial charge in [0.05, 0.1) is 13.2 Å². The molecule has 20 heavy (non-hydrogen) atoms. The van der Waals surface area contributed by atoms with Crippen molar-refractivity contribution in [2.45, 2.75) is 38.9 Å². The summed E-state index contributed by atoms with van der Waals surface area (Å²) < 4.78 is 11.0. The van der Waals surface area contributed by atoms with Gasteiger partial charge >= 0.3 is 0 Å². The molecule has 1 aromatic rings. The minimum Gasteiger partial charge on any atom is -0.352 e. The lowest BCUT2D eigenvalue weighted by Crippen LogP contribution is -2.33. The molecule has 2 rings (SSSR count). The maximum absolute atomic E-state index is 12.0. The minimum absolute atomic E-state index is 0.0538. The summed E-state index contributed by atoms with van der Waals surface area (Å²) in [6.07, 6.45) is 0.656. The fourth-order valence-corrected chi connectivity index (χ4v) is 2.23. The van der Waals surface area contributed by atoms with Crippen molar-refractivity contribution in [2.24, 2.45) is 0 Å². The fourth-order valence-electron chi connectivity index (χ4n) is 2.23. The van der Waals surface area contributed by atoms with Gasteiger partial charge in [-0.05, 0) is 30.5 Å². The highest BCUT2D eigenvalue weighted by Crippen LogP contribution is 2.21. The predicted molar refractivity (Wildman–Crippen MR) is 77.8 cm³/mol.